The van der Waals surface area contributed by atoms with Crippen LogP contribution in [0, 0.1) is 6.92 Å². The van der Waals surface area contributed by atoms with Gasteiger partial charge in [0.1, 0.15) is 22.6 Å². The maximum Gasteiger partial charge on any atom is 0.295 e. The Morgan fingerprint density at radius 3 is 2.29 bits per heavy atom. The molecule has 0 unspecified atom stereocenters. The molecule has 3 aromatic heterocycles. The van der Waals surface area contributed by atoms with Crippen molar-refractivity contribution in [1.29, 1.82) is 0 Å². The first kappa shape index (κ1) is 23.5. The molecule has 0 saturated carbocycles. The van der Waals surface area contributed by atoms with Crippen molar-refractivity contribution in [1.82, 2.24) is 23.9 Å². The molecule has 1 amide bonds. The number of anilines is 2. The predicted molar refractivity (Wildman–Crippen MR) is 149 cm³/mol. The summed E-state index contributed by atoms with van der Waals surface area (Å²) >= 11 is 6.26. The average molecular weight is 524 g/mol. The van der Waals surface area contributed by atoms with Crippen molar-refractivity contribution in [3.8, 4) is 11.4 Å². The van der Waals surface area contributed by atoms with Crippen LogP contribution in [-0.4, -0.2) is 29.8 Å². The Kier molecular flexibility index (Phi) is 5.50. The lowest BCUT2D eigenvalue weighted by Gasteiger charge is -2.08. The highest BCUT2D eigenvalue weighted by Gasteiger charge is 2.27. The van der Waals surface area contributed by atoms with Gasteiger partial charge in [-0.25, -0.2) is 14.6 Å². The van der Waals surface area contributed by atoms with E-state index >= 15 is 0 Å². The van der Waals surface area contributed by atoms with E-state index in [1.807, 2.05) is 60.7 Å². The molecule has 0 bridgehead atoms. The molecular formula is C28H22ClN7O2. The van der Waals surface area contributed by atoms with E-state index in [-0.39, 0.29) is 22.6 Å². The number of aromatic nitrogens is 5. The summed E-state index contributed by atoms with van der Waals surface area (Å²) in [4.78, 5) is 36.7. The normalized spacial score (nSPS) is 11.3. The third kappa shape index (κ3) is 3.63. The monoisotopic (exact) mass is 523 g/mol. The second kappa shape index (κ2) is 8.89. The topological polar surface area (TPSA) is 113 Å². The van der Waals surface area contributed by atoms with Crippen LogP contribution in [-0.2, 0) is 7.05 Å². The minimum Gasteiger partial charge on any atom is -0.384 e. The molecule has 3 heterocycles. The molecule has 0 aliphatic heterocycles. The largest absolute Gasteiger partial charge is 0.384 e. The molecule has 0 fully saturated rings. The molecule has 38 heavy (non-hydrogen) atoms. The Morgan fingerprint density at radius 2 is 1.58 bits per heavy atom. The molecule has 9 nitrogen and oxygen atoms in total. The Labute approximate surface area is 221 Å². The van der Waals surface area contributed by atoms with Crippen LogP contribution in [0.2, 0.25) is 5.02 Å². The van der Waals surface area contributed by atoms with Gasteiger partial charge in [0.25, 0.3) is 11.5 Å². The van der Waals surface area contributed by atoms with Crippen LogP contribution in [0.3, 0.4) is 0 Å². The summed E-state index contributed by atoms with van der Waals surface area (Å²) in [6.45, 7) is 1.77. The molecule has 3 N–H and O–H groups in total. The van der Waals surface area contributed by atoms with E-state index in [9.17, 15) is 9.59 Å². The Morgan fingerprint density at radius 1 is 0.921 bits per heavy atom. The number of nitrogens with two attached hydrogens (primary N) is 1. The van der Waals surface area contributed by atoms with Gasteiger partial charge in [-0.2, -0.15) is 0 Å². The molecule has 0 aliphatic rings. The maximum atomic E-state index is 13.8. The molecular weight excluding hydrogens is 502 g/mol. The van der Waals surface area contributed by atoms with E-state index in [0.717, 1.165) is 0 Å². The van der Waals surface area contributed by atoms with Crippen molar-refractivity contribution in [3.63, 3.8) is 0 Å². The molecule has 10 heteroatoms. The SMILES string of the molecule is Cc1c(NC(=O)c2c(N)n(-c3cccc(Cl)c3)c3nc4ccccc4nc23)c(=O)n(-c2ccccc2)n1C. The number of nitrogens with one attached hydrogen (secondary N) is 1. The van der Waals surface area contributed by atoms with E-state index in [2.05, 4.69) is 5.32 Å². The van der Waals surface area contributed by atoms with Gasteiger partial charge < -0.3 is 11.1 Å². The molecule has 0 saturated heterocycles. The summed E-state index contributed by atoms with van der Waals surface area (Å²) in [5, 5.41) is 3.31. The van der Waals surface area contributed by atoms with Crippen molar-refractivity contribution < 1.29 is 4.79 Å². The molecule has 188 valence electrons. The number of hydrogen-bond donors (Lipinski definition) is 2. The van der Waals surface area contributed by atoms with E-state index in [0.29, 0.717) is 44.3 Å². The highest BCUT2D eigenvalue weighted by Crippen LogP contribution is 2.32. The lowest BCUT2D eigenvalue weighted by Crippen LogP contribution is -2.23. The predicted octanol–water partition coefficient (Wildman–Crippen LogP) is 4.86. The van der Waals surface area contributed by atoms with Crippen molar-refractivity contribution in [2.75, 3.05) is 11.1 Å². The van der Waals surface area contributed by atoms with Crippen molar-refractivity contribution in [2.45, 2.75) is 6.92 Å². The van der Waals surface area contributed by atoms with Crippen LogP contribution in [0.1, 0.15) is 16.1 Å². The van der Waals surface area contributed by atoms with Gasteiger partial charge in [-0.15, -0.1) is 0 Å². The number of nitrogens with zero attached hydrogens (tertiary/aromatic N) is 5. The maximum absolute atomic E-state index is 13.8. The number of para-hydroxylation sites is 3. The van der Waals surface area contributed by atoms with Gasteiger partial charge in [0, 0.05) is 12.1 Å². The molecule has 0 radical (unpaired) electrons. The average Bonchev–Trinajstić information content (AvgIpc) is 3.31. The highest BCUT2D eigenvalue weighted by atomic mass is 35.5. The fraction of sp³-hybridized carbons (Fsp3) is 0.0714. The third-order valence-corrected chi connectivity index (χ3v) is 6.82. The highest BCUT2D eigenvalue weighted by molar-refractivity contribution is 6.30. The Balaban J connectivity index is 1.54. The van der Waals surface area contributed by atoms with E-state index in [1.165, 1.54) is 4.68 Å². The van der Waals surface area contributed by atoms with Gasteiger partial charge in [0.05, 0.1) is 28.1 Å². The zero-order chi connectivity index (χ0) is 26.6. The summed E-state index contributed by atoms with van der Waals surface area (Å²) in [6, 6.07) is 23.7. The standard InChI is InChI=1S/C28H22ClN7O2/c1-16-23(28(38)36(34(16)2)18-10-4-3-5-11-18)33-27(37)22-24-26(32-21-14-7-6-13-20(21)31-24)35(25(22)30)19-12-8-9-17(29)15-19/h3-15H,30H2,1-2H3,(H,33,37). The summed E-state index contributed by atoms with van der Waals surface area (Å²) in [6.07, 6.45) is 0. The fourth-order valence-electron chi connectivity index (χ4n) is 4.65. The zero-order valence-corrected chi connectivity index (χ0v) is 21.3. The smallest absolute Gasteiger partial charge is 0.295 e. The first-order valence-electron chi connectivity index (χ1n) is 11.8. The van der Waals surface area contributed by atoms with Gasteiger partial charge in [-0.1, -0.05) is 48.0 Å². The lowest BCUT2D eigenvalue weighted by molar-refractivity contribution is 0.102. The summed E-state index contributed by atoms with van der Waals surface area (Å²) in [5.41, 5.74) is 10.4. The minimum atomic E-state index is -0.566. The van der Waals surface area contributed by atoms with Crippen LogP contribution >= 0.6 is 11.6 Å². The number of hydrogen-bond acceptors (Lipinski definition) is 5. The third-order valence-electron chi connectivity index (χ3n) is 6.58. The Bertz CT molecular complexity index is 1940. The zero-order valence-electron chi connectivity index (χ0n) is 20.5. The van der Waals surface area contributed by atoms with Crippen LogP contribution in [0.4, 0.5) is 11.5 Å². The summed E-state index contributed by atoms with van der Waals surface area (Å²) < 4.78 is 4.84. The van der Waals surface area contributed by atoms with Gasteiger partial charge in [-0.05, 0) is 49.4 Å². The molecule has 3 aromatic carbocycles. The number of halogens is 1. The van der Waals surface area contributed by atoms with Crippen molar-refractivity contribution in [2.24, 2.45) is 7.05 Å². The number of fused-ring (bicyclic) bond motifs is 2. The number of rotatable bonds is 4. The number of amides is 1. The lowest BCUT2D eigenvalue weighted by atomic mass is 10.2. The van der Waals surface area contributed by atoms with Gasteiger partial charge in [0.2, 0.25) is 0 Å². The molecule has 0 aliphatic carbocycles. The van der Waals surface area contributed by atoms with E-state index in [1.54, 1.807) is 41.4 Å². The second-order valence-electron chi connectivity index (χ2n) is 8.85. The second-order valence-corrected chi connectivity index (χ2v) is 9.29. The number of carbonyl (C=O) groups excluding carboxylic acids is 1. The number of benzene rings is 3. The molecule has 6 rings (SSSR count). The van der Waals surface area contributed by atoms with E-state index in [4.69, 9.17) is 27.3 Å². The van der Waals surface area contributed by atoms with Gasteiger partial charge in [-0.3, -0.25) is 18.8 Å². The van der Waals surface area contributed by atoms with Crippen LogP contribution < -0.4 is 16.6 Å². The summed E-state index contributed by atoms with van der Waals surface area (Å²) in [7, 11) is 1.76. The number of carbonyl (C=O) groups is 1. The molecule has 6 aromatic rings. The van der Waals surface area contributed by atoms with Crippen molar-refractivity contribution in [3.05, 3.63) is 105 Å². The minimum absolute atomic E-state index is 0.118. The van der Waals surface area contributed by atoms with Crippen LogP contribution in [0.15, 0.2) is 83.7 Å². The van der Waals surface area contributed by atoms with Crippen LogP contribution in [0.25, 0.3) is 33.6 Å². The van der Waals surface area contributed by atoms with E-state index < -0.39 is 5.91 Å². The Hall–Kier alpha value is -4.89. The first-order chi connectivity index (χ1) is 18.3. The number of nitrogen functional groups attached to an aromatic ring is 1. The van der Waals surface area contributed by atoms with Crippen LogP contribution in [0.5, 0.6) is 0 Å². The summed E-state index contributed by atoms with van der Waals surface area (Å²) in [5.74, 6) is -0.434. The quantitative estimate of drug-likeness (QED) is 0.342. The molecule has 0 spiro atoms. The molecule has 0 atom stereocenters. The first-order valence-corrected chi connectivity index (χ1v) is 12.2. The van der Waals surface area contributed by atoms with Crippen molar-refractivity contribution >= 4 is 51.2 Å². The van der Waals surface area contributed by atoms with Gasteiger partial charge in [0.15, 0.2) is 5.65 Å². The fourth-order valence-corrected chi connectivity index (χ4v) is 4.83. The van der Waals surface area contributed by atoms with Gasteiger partial charge >= 0.3 is 0 Å².